The van der Waals surface area contributed by atoms with E-state index in [1.165, 1.54) is 0 Å². The van der Waals surface area contributed by atoms with Crippen LogP contribution in [0.3, 0.4) is 0 Å². The van der Waals surface area contributed by atoms with E-state index >= 15 is 0 Å². The maximum Gasteiger partial charge on any atom is 0.416 e. The lowest BCUT2D eigenvalue weighted by Gasteiger charge is -2.46. The number of pyridine rings is 1. The van der Waals surface area contributed by atoms with Crippen molar-refractivity contribution in [1.29, 1.82) is 5.26 Å². The van der Waals surface area contributed by atoms with E-state index < -0.39 is 195 Å². The van der Waals surface area contributed by atoms with Gasteiger partial charge in [0.1, 0.15) is 11.9 Å². The number of methoxy groups -OCH3 is 1. The lowest BCUT2D eigenvalue weighted by molar-refractivity contribution is -0.690. The van der Waals surface area contributed by atoms with Crippen molar-refractivity contribution >= 4 is 28.0 Å². The van der Waals surface area contributed by atoms with Crippen molar-refractivity contribution in [3.8, 4) is 11.8 Å². The van der Waals surface area contributed by atoms with Gasteiger partial charge in [-0.25, -0.2) is 0 Å². The number of hydrogen-bond donors (Lipinski definition) is 0. The second kappa shape index (κ2) is 20.0. The monoisotopic (exact) mass is 1090 g/mol. The summed E-state index contributed by atoms with van der Waals surface area (Å²) in [5.41, 5.74) is -28.4. The van der Waals surface area contributed by atoms with E-state index in [0.29, 0.717) is 12.2 Å². The molecule has 28 heteroatoms. The summed E-state index contributed by atoms with van der Waals surface area (Å²) >= 11 is 0. The van der Waals surface area contributed by atoms with Crippen molar-refractivity contribution in [2.24, 2.45) is 0 Å². The van der Waals surface area contributed by atoms with Crippen LogP contribution in [0.25, 0.3) is 0 Å². The van der Waals surface area contributed by atoms with Gasteiger partial charge in [-0.3, -0.25) is 0 Å². The van der Waals surface area contributed by atoms with E-state index in [1.807, 2.05) is 53.2 Å². The lowest BCUT2D eigenvalue weighted by atomic mass is 9.12. The van der Waals surface area contributed by atoms with Gasteiger partial charge in [-0.1, -0.05) is 48.5 Å². The first-order chi connectivity index (χ1) is 33.6. The molecule has 6 aromatic rings. The van der Waals surface area contributed by atoms with Crippen LogP contribution in [0, 0.1) is 11.3 Å². The second-order valence-corrected chi connectivity index (χ2v) is 15.9. The van der Waals surface area contributed by atoms with Crippen LogP contribution >= 0.6 is 0 Å². The summed E-state index contributed by atoms with van der Waals surface area (Å²) in [7, 11) is 1.65. The number of hydrogen-bond acceptors (Lipinski definition) is 2. The summed E-state index contributed by atoms with van der Waals surface area (Å²) in [6, 6.07) is 6.80. The average Bonchev–Trinajstić information content (AvgIpc) is 3.27. The Morgan fingerprint density at radius 2 is 0.649 bits per heavy atom. The normalized spacial score (nSPS) is 13.2. The van der Waals surface area contributed by atoms with Gasteiger partial charge in [0, 0.05) is 17.7 Å². The Kier molecular flexibility index (Phi) is 15.6. The number of alkyl halides is 24. The minimum atomic E-state index is -6.13. The molecule has 6 rings (SSSR count). The molecule has 0 radical (unpaired) electrons. The lowest BCUT2D eigenvalue weighted by Crippen LogP contribution is -2.75. The molecule has 1 heterocycles. The Hall–Kier alpha value is -7.08. The van der Waals surface area contributed by atoms with Crippen LogP contribution in [0.1, 0.15) is 55.8 Å². The molecular formula is C46H25BF24N2O. The molecule has 0 saturated carbocycles. The van der Waals surface area contributed by atoms with Crippen molar-refractivity contribution in [1.82, 2.24) is 0 Å². The molecule has 396 valence electrons. The number of halogens is 24. The third-order valence-corrected chi connectivity index (χ3v) is 11.0. The summed E-state index contributed by atoms with van der Waals surface area (Å²) in [5, 5.41) is 8.99. The Balaban J connectivity index is 0.000000500. The number of benzene rings is 5. The predicted octanol–water partition coefficient (Wildman–Crippen LogP) is 13.1. The standard InChI is InChI=1S/C32H12BF24.C14H13N2O/c34-25(35,36)13-1-14(26(37,38)39)6-21(5-13)33(22-7-15(27(40,41)42)2-16(8-22)28(43,44)45,23-9-17(29(46,47)48)3-18(10-23)30(49,50)51)24-11-19(31(52,53)54)4-20(12-24)32(55,56)57;1-17-14-7-5-12(6-8-14)11-16-9-3-2-4-13(16)10-15/h1-12H;2-9H,11H2,1H3/q-1;+1. The molecule has 0 amide bonds. The Labute approximate surface area is 399 Å². The molecule has 0 aliphatic heterocycles. The van der Waals surface area contributed by atoms with E-state index in [2.05, 4.69) is 6.07 Å². The van der Waals surface area contributed by atoms with Crippen LogP contribution in [-0.4, -0.2) is 13.3 Å². The molecule has 1 aromatic heterocycles. The van der Waals surface area contributed by atoms with Crippen molar-refractivity contribution in [3.05, 3.63) is 177 Å². The van der Waals surface area contributed by atoms with E-state index in [1.54, 1.807) is 7.11 Å². The highest BCUT2D eigenvalue weighted by atomic mass is 19.4. The number of ether oxygens (including phenoxy) is 1. The molecule has 0 bridgehead atoms. The summed E-state index contributed by atoms with van der Waals surface area (Å²) in [6.07, 6.45) is -52.9. The average molecular weight is 1090 g/mol. The highest BCUT2D eigenvalue weighted by Gasteiger charge is 2.47. The van der Waals surface area contributed by atoms with E-state index in [0.717, 1.165) is 11.3 Å². The predicted molar refractivity (Wildman–Crippen MR) is 214 cm³/mol. The quantitative estimate of drug-likeness (QED) is 0.0907. The van der Waals surface area contributed by atoms with Crippen molar-refractivity contribution in [3.63, 3.8) is 0 Å². The minimum absolute atomic E-state index is 0.656. The second-order valence-electron chi connectivity index (χ2n) is 15.9. The summed E-state index contributed by atoms with van der Waals surface area (Å²) in [6.45, 7) is 0.688. The molecule has 0 unspecified atom stereocenters. The number of rotatable bonds is 7. The number of aromatic nitrogens is 1. The molecule has 0 atom stereocenters. The molecule has 0 aliphatic rings. The van der Waals surface area contributed by atoms with Crippen LogP contribution in [-0.2, 0) is 56.0 Å². The zero-order chi connectivity index (χ0) is 56.0. The van der Waals surface area contributed by atoms with Crippen LogP contribution in [0.2, 0.25) is 0 Å². The Bertz CT molecular complexity index is 2590. The highest BCUT2D eigenvalue weighted by Crippen LogP contribution is 2.41. The minimum Gasteiger partial charge on any atom is -0.497 e. The van der Waals surface area contributed by atoms with Gasteiger partial charge >= 0.3 is 49.4 Å². The summed E-state index contributed by atoms with van der Waals surface area (Å²) < 4.78 is 348. The SMILES string of the molecule is COc1ccc(C[n+]2ccccc2C#N)cc1.FC(F)(F)c1cc([B-](c2cc(C(F)(F)F)cc(C(F)(F)F)c2)(c2cc(C(F)(F)F)cc(C(F)(F)F)c2)c2cc(C(F)(F)F)cc(C(F)(F)F)c2)cc(C(F)(F)F)c1. The van der Waals surface area contributed by atoms with Crippen molar-refractivity contribution in [2.45, 2.75) is 56.0 Å². The van der Waals surface area contributed by atoms with Gasteiger partial charge in [0.2, 0.25) is 0 Å². The molecule has 5 aromatic carbocycles. The third-order valence-electron chi connectivity index (χ3n) is 11.0. The Morgan fingerprint density at radius 1 is 0.392 bits per heavy atom. The van der Waals surface area contributed by atoms with E-state index in [-0.39, 0.29) is 0 Å². The van der Waals surface area contributed by atoms with Gasteiger partial charge in [0.15, 0.2) is 18.8 Å². The molecule has 0 saturated heterocycles. The van der Waals surface area contributed by atoms with Gasteiger partial charge in [-0.05, 0) is 54.6 Å². The summed E-state index contributed by atoms with van der Waals surface area (Å²) in [5.74, 6) is 0.840. The van der Waals surface area contributed by atoms with Gasteiger partial charge in [0.05, 0.1) is 51.6 Å². The van der Waals surface area contributed by atoms with Crippen LogP contribution in [0.15, 0.2) is 121 Å². The van der Waals surface area contributed by atoms with Crippen LogP contribution in [0.5, 0.6) is 5.75 Å². The fraction of sp³-hybridized carbons (Fsp3) is 0.217. The first-order valence-corrected chi connectivity index (χ1v) is 20.0. The van der Waals surface area contributed by atoms with Crippen LogP contribution < -0.4 is 31.2 Å². The summed E-state index contributed by atoms with van der Waals surface area (Å²) in [4.78, 5) is 0. The first kappa shape index (κ1) is 57.8. The molecule has 0 spiro atoms. The molecule has 3 nitrogen and oxygen atoms in total. The van der Waals surface area contributed by atoms with Crippen molar-refractivity contribution in [2.75, 3.05) is 7.11 Å². The fourth-order valence-electron chi connectivity index (χ4n) is 7.71. The van der Waals surface area contributed by atoms with E-state index in [9.17, 15) is 105 Å². The number of nitriles is 1. The molecule has 0 N–H and O–H groups in total. The zero-order valence-corrected chi connectivity index (χ0v) is 36.2. The molecule has 74 heavy (non-hydrogen) atoms. The Morgan fingerprint density at radius 3 is 0.865 bits per heavy atom. The van der Waals surface area contributed by atoms with Gasteiger partial charge in [-0.15, -0.1) is 0 Å². The largest absolute Gasteiger partial charge is 0.497 e. The molecule has 0 aliphatic carbocycles. The van der Waals surface area contributed by atoms with Crippen molar-refractivity contribution < 1.29 is 115 Å². The molecular weight excluding hydrogens is 1060 g/mol. The smallest absolute Gasteiger partial charge is 0.416 e. The zero-order valence-electron chi connectivity index (χ0n) is 36.2. The van der Waals surface area contributed by atoms with Gasteiger partial charge in [-0.2, -0.15) is 137 Å². The maximum atomic E-state index is 14.2. The van der Waals surface area contributed by atoms with Crippen LogP contribution in [0.4, 0.5) is 105 Å². The third kappa shape index (κ3) is 13.2. The highest BCUT2D eigenvalue weighted by molar-refractivity contribution is 7.20. The maximum absolute atomic E-state index is 14.2. The fourth-order valence-corrected chi connectivity index (χ4v) is 7.71. The van der Waals surface area contributed by atoms with Gasteiger partial charge in [0.25, 0.3) is 5.69 Å². The van der Waals surface area contributed by atoms with E-state index in [4.69, 9.17) is 10.00 Å². The van der Waals surface area contributed by atoms with Gasteiger partial charge < -0.3 is 4.74 Å². The molecule has 0 fully saturated rings. The topological polar surface area (TPSA) is 36.9 Å². The first-order valence-electron chi connectivity index (χ1n) is 20.0. The number of nitrogens with zero attached hydrogens (tertiary/aromatic N) is 2.